The van der Waals surface area contributed by atoms with Gasteiger partial charge in [0, 0.05) is 0 Å². The lowest BCUT2D eigenvalue weighted by atomic mass is 9.83. The molecular weight excluding hydrogens is 146 g/mol. The van der Waals surface area contributed by atoms with Crippen molar-refractivity contribution < 1.29 is 0 Å². The second-order valence-electron chi connectivity index (χ2n) is 3.67. The zero-order chi connectivity index (χ0) is 8.23. The highest BCUT2D eigenvalue weighted by molar-refractivity contribution is 5.28. The number of allylic oxidation sites excluding steroid dienone is 2. The fraction of sp³-hybridized carbons (Fsp3) is 0.545. The van der Waals surface area contributed by atoms with Crippen LogP contribution in [-0.4, -0.2) is 0 Å². The maximum atomic E-state index is 3.07. The van der Waals surface area contributed by atoms with Crippen molar-refractivity contribution in [3.63, 3.8) is 0 Å². The number of hydrogen-bond donors (Lipinski definition) is 1. The van der Waals surface area contributed by atoms with Gasteiger partial charge in [-0.3, -0.25) is 0 Å². The molecule has 0 aromatic heterocycles. The lowest BCUT2D eigenvalue weighted by molar-refractivity contribution is 0.407. The van der Waals surface area contributed by atoms with E-state index in [2.05, 4.69) is 17.5 Å². The molecule has 0 unspecified atom stereocenters. The van der Waals surface area contributed by atoms with Gasteiger partial charge in [0.25, 0.3) is 0 Å². The second kappa shape index (κ2) is 3.79. The highest BCUT2D eigenvalue weighted by atomic mass is 14.8. The van der Waals surface area contributed by atoms with Crippen LogP contribution in [0.25, 0.3) is 0 Å². The van der Waals surface area contributed by atoms with Gasteiger partial charge >= 0.3 is 0 Å². The standard InChI is InChI=1S/C11H16N/c1-2-4-10(5-3-1)11-6-8-12-9-7-11/h6-10,12H,1-5H2. The molecule has 2 rings (SSSR count). The lowest BCUT2D eigenvalue weighted by Gasteiger charge is -2.24. The summed E-state index contributed by atoms with van der Waals surface area (Å²) in [4.78, 5) is 0. The first kappa shape index (κ1) is 7.90. The zero-order valence-corrected chi connectivity index (χ0v) is 7.42. The second-order valence-corrected chi connectivity index (χ2v) is 3.67. The molecule has 2 aliphatic rings. The van der Waals surface area contributed by atoms with Crippen molar-refractivity contribution in [1.82, 2.24) is 5.32 Å². The van der Waals surface area contributed by atoms with Gasteiger partial charge in [0.15, 0.2) is 0 Å². The quantitative estimate of drug-likeness (QED) is 0.625. The first-order valence-corrected chi connectivity index (χ1v) is 4.93. The van der Waals surface area contributed by atoms with E-state index in [9.17, 15) is 0 Å². The van der Waals surface area contributed by atoms with Gasteiger partial charge in [-0.2, -0.15) is 0 Å². The fourth-order valence-corrected chi connectivity index (χ4v) is 2.11. The summed E-state index contributed by atoms with van der Waals surface area (Å²) in [6.07, 6.45) is 13.5. The largest absolute Gasteiger partial charge is 0.382 e. The Bertz CT molecular complexity index is 197. The van der Waals surface area contributed by atoms with Gasteiger partial charge in [-0.25, -0.2) is 0 Å². The summed E-state index contributed by atoms with van der Waals surface area (Å²) in [5.41, 5.74) is 1.52. The van der Waals surface area contributed by atoms with Crippen LogP contribution in [-0.2, 0) is 0 Å². The molecule has 1 nitrogen and oxygen atoms in total. The van der Waals surface area contributed by atoms with E-state index in [1.165, 1.54) is 37.7 Å². The van der Waals surface area contributed by atoms with E-state index in [0.717, 1.165) is 5.92 Å². The Morgan fingerprint density at radius 1 is 1.17 bits per heavy atom. The number of dihydropyridines is 1. The average molecular weight is 162 g/mol. The maximum Gasteiger partial charge on any atom is 0.0682 e. The van der Waals surface area contributed by atoms with Gasteiger partial charge in [-0.15, -0.1) is 0 Å². The van der Waals surface area contributed by atoms with Crippen molar-refractivity contribution in [3.05, 3.63) is 30.5 Å². The maximum absolute atomic E-state index is 3.07. The minimum atomic E-state index is 0.841. The van der Waals surface area contributed by atoms with E-state index in [-0.39, 0.29) is 0 Å². The zero-order valence-electron chi connectivity index (χ0n) is 7.42. The molecule has 0 bridgehead atoms. The molecule has 1 fully saturated rings. The van der Waals surface area contributed by atoms with Crippen LogP contribution in [0.3, 0.4) is 0 Å². The molecule has 0 spiro atoms. The Kier molecular flexibility index (Phi) is 2.50. The average Bonchev–Trinajstić information content (AvgIpc) is 2.21. The van der Waals surface area contributed by atoms with Crippen LogP contribution in [0.2, 0.25) is 0 Å². The molecule has 0 amide bonds. The van der Waals surface area contributed by atoms with Gasteiger partial charge in [0.05, 0.1) is 6.54 Å². The third kappa shape index (κ3) is 1.71. The van der Waals surface area contributed by atoms with E-state index < -0.39 is 0 Å². The summed E-state index contributed by atoms with van der Waals surface area (Å²) < 4.78 is 0. The molecule has 1 N–H and O–H groups in total. The minimum Gasteiger partial charge on any atom is -0.382 e. The molecule has 1 aliphatic heterocycles. The SMILES string of the molecule is [CH]1C=C(C2CCCCC2)C=CN1. The molecule has 0 saturated heterocycles. The van der Waals surface area contributed by atoms with Crippen molar-refractivity contribution in [2.24, 2.45) is 5.92 Å². The van der Waals surface area contributed by atoms with E-state index in [1.807, 2.05) is 12.7 Å². The number of nitrogens with one attached hydrogen (secondary N) is 1. The molecule has 1 heterocycles. The molecule has 0 aromatic carbocycles. The Hall–Kier alpha value is -0.720. The summed E-state index contributed by atoms with van der Waals surface area (Å²) in [5.74, 6) is 0.841. The van der Waals surface area contributed by atoms with Crippen LogP contribution in [0.4, 0.5) is 0 Å². The minimum absolute atomic E-state index is 0.841. The Morgan fingerprint density at radius 2 is 2.00 bits per heavy atom. The molecular formula is C11H16N. The normalized spacial score (nSPS) is 24.8. The van der Waals surface area contributed by atoms with Crippen LogP contribution in [0.15, 0.2) is 23.9 Å². The Labute approximate surface area is 74.5 Å². The third-order valence-electron chi connectivity index (χ3n) is 2.82. The molecule has 1 saturated carbocycles. The van der Waals surface area contributed by atoms with Crippen LogP contribution < -0.4 is 5.32 Å². The monoisotopic (exact) mass is 162 g/mol. The first-order valence-electron chi connectivity index (χ1n) is 4.93. The topological polar surface area (TPSA) is 12.0 Å². The predicted octanol–water partition coefficient (Wildman–Crippen LogP) is 2.77. The number of rotatable bonds is 1. The lowest BCUT2D eigenvalue weighted by Crippen LogP contribution is -2.12. The van der Waals surface area contributed by atoms with Crippen molar-refractivity contribution in [3.8, 4) is 0 Å². The van der Waals surface area contributed by atoms with Crippen LogP contribution >= 0.6 is 0 Å². The molecule has 65 valence electrons. The molecule has 0 aromatic rings. The van der Waals surface area contributed by atoms with Crippen molar-refractivity contribution in [2.75, 3.05) is 0 Å². The van der Waals surface area contributed by atoms with Gasteiger partial charge in [-0.05, 0) is 36.6 Å². The van der Waals surface area contributed by atoms with E-state index in [0.29, 0.717) is 0 Å². The highest BCUT2D eigenvalue weighted by Gasteiger charge is 2.16. The van der Waals surface area contributed by atoms with Crippen molar-refractivity contribution >= 4 is 0 Å². The Morgan fingerprint density at radius 3 is 2.67 bits per heavy atom. The molecule has 1 radical (unpaired) electrons. The fourth-order valence-electron chi connectivity index (χ4n) is 2.11. The van der Waals surface area contributed by atoms with Gasteiger partial charge in [0.1, 0.15) is 0 Å². The molecule has 0 atom stereocenters. The third-order valence-corrected chi connectivity index (χ3v) is 2.82. The number of hydrogen-bond acceptors (Lipinski definition) is 1. The Balaban J connectivity index is 1.97. The van der Waals surface area contributed by atoms with Crippen LogP contribution in [0.5, 0.6) is 0 Å². The van der Waals surface area contributed by atoms with Gasteiger partial charge in [-0.1, -0.05) is 25.3 Å². The summed E-state index contributed by atoms with van der Waals surface area (Å²) in [6.45, 7) is 2.03. The van der Waals surface area contributed by atoms with Crippen molar-refractivity contribution in [1.29, 1.82) is 0 Å². The van der Waals surface area contributed by atoms with Gasteiger partial charge in [0.2, 0.25) is 0 Å². The smallest absolute Gasteiger partial charge is 0.0682 e. The predicted molar refractivity (Wildman–Crippen MR) is 51.2 cm³/mol. The van der Waals surface area contributed by atoms with Crippen LogP contribution in [0, 0.1) is 12.5 Å². The van der Waals surface area contributed by atoms with E-state index in [1.54, 1.807) is 0 Å². The van der Waals surface area contributed by atoms with Crippen molar-refractivity contribution in [2.45, 2.75) is 32.1 Å². The summed E-state index contributed by atoms with van der Waals surface area (Å²) >= 11 is 0. The highest BCUT2D eigenvalue weighted by Crippen LogP contribution is 2.30. The summed E-state index contributed by atoms with van der Waals surface area (Å²) in [6, 6.07) is 0. The molecule has 1 heteroatoms. The molecule has 12 heavy (non-hydrogen) atoms. The summed E-state index contributed by atoms with van der Waals surface area (Å²) in [7, 11) is 0. The summed E-state index contributed by atoms with van der Waals surface area (Å²) in [5, 5.41) is 3.07. The van der Waals surface area contributed by atoms with Crippen LogP contribution in [0.1, 0.15) is 32.1 Å². The molecule has 1 aliphatic carbocycles. The van der Waals surface area contributed by atoms with E-state index >= 15 is 0 Å². The first-order chi connectivity index (χ1) is 5.97. The van der Waals surface area contributed by atoms with E-state index in [4.69, 9.17) is 0 Å². The van der Waals surface area contributed by atoms with Gasteiger partial charge < -0.3 is 5.32 Å².